The van der Waals surface area contributed by atoms with Gasteiger partial charge in [0.25, 0.3) is 5.56 Å². The van der Waals surface area contributed by atoms with Crippen molar-refractivity contribution in [2.45, 2.75) is 38.1 Å². The average molecular weight is 422 g/mol. The maximum absolute atomic E-state index is 13.0. The van der Waals surface area contributed by atoms with E-state index in [1.54, 1.807) is 0 Å². The van der Waals surface area contributed by atoms with Crippen LogP contribution in [0.1, 0.15) is 42.3 Å². The summed E-state index contributed by atoms with van der Waals surface area (Å²) in [5.41, 5.74) is 6.60. The lowest BCUT2D eigenvalue weighted by Gasteiger charge is -2.13. The first-order valence-electron chi connectivity index (χ1n) is 11.2. The van der Waals surface area contributed by atoms with Gasteiger partial charge in [-0.3, -0.25) is 14.2 Å². The van der Waals surface area contributed by atoms with Crippen LogP contribution in [-0.2, 0) is 17.6 Å². The number of rotatable bonds is 5. The van der Waals surface area contributed by atoms with Crippen LogP contribution in [0.3, 0.4) is 0 Å². The van der Waals surface area contributed by atoms with Gasteiger partial charge in [-0.05, 0) is 65.8 Å². The second-order valence-electron chi connectivity index (χ2n) is 8.71. The second-order valence-corrected chi connectivity index (χ2v) is 8.71. The van der Waals surface area contributed by atoms with Crippen LogP contribution in [0.25, 0.3) is 22.0 Å². The number of hydrogen-bond donors (Lipinski definition) is 1. The summed E-state index contributed by atoms with van der Waals surface area (Å²) in [5, 5.41) is 3.68. The molecule has 0 bridgehead atoms. The Balaban J connectivity index is 1.20. The molecule has 0 spiro atoms. The Bertz CT molecular complexity index is 1430. The summed E-state index contributed by atoms with van der Waals surface area (Å²) in [6, 6.07) is 22.2. The smallest absolute Gasteiger partial charge is 0.261 e. The van der Waals surface area contributed by atoms with Crippen molar-refractivity contribution in [1.29, 1.82) is 0 Å². The molecule has 2 aliphatic rings. The average Bonchev–Trinajstić information content (AvgIpc) is 3.57. The molecule has 5 nitrogen and oxygen atoms in total. The molecule has 0 radical (unpaired) electrons. The van der Waals surface area contributed by atoms with Crippen LogP contribution < -0.4 is 10.9 Å². The van der Waals surface area contributed by atoms with Gasteiger partial charge in [-0.1, -0.05) is 42.5 Å². The van der Waals surface area contributed by atoms with Crippen LogP contribution in [0, 0.1) is 0 Å². The molecule has 0 saturated heterocycles. The van der Waals surface area contributed by atoms with E-state index in [2.05, 4.69) is 41.7 Å². The first-order chi connectivity index (χ1) is 15.7. The van der Waals surface area contributed by atoms with Crippen molar-refractivity contribution in [2.24, 2.45) is 0 Å². The zero-order valence-corrected chi connectivity index (χ0v) is 17.7. The number of aryl methyl sites for hydroxylation is 1. The largest absolute Gasteiger partial charge is 0.326 e. The van der Waals surface area contributed by atoms with E-state index >= 15 is 0 Å². The van der Waals surface area contributed by atoms with Crippen LogP contribution >= 0.6 is 0 Å². The lowest BCUT2D eigenvalue weighted by molar-refractivity contribution is -0.116. The number of fused-ring (bicyclic) bond motifs is 4. The molecule has 32 heavy (non-hydrogen) atoms. The molecule has 6 rings (SSSR count). The van der Waals surface area contributed by atoms with Crippen molar-refractivity contribution in [3.63, 3.8) is 0 Å². The van der Waals surface area contributed by atoms with Crippen molar-refractivity contribution in [1.82, 2.24) is 9.55 Å². The lowest BCUT2D eigenvalue weighted by Crippen LogP contribution is -2.25. The SMILES string of the molecule is O=C(CCc1nc2ccccc2c(=O)n1C1CC1)Nc1ccc2c(c1)Cc1ccccc1-2. The Kier molecular flexibility index (Phi) is 4.42. The highest BCUT2D eigenvalue weighted by atomic mass is 16.1. The molecular formula is C27H23N3O2. The Morgan fingerprint density at radius 2 is 1.75 bits per heavy atom. The van der Waals surface area contributed by atoms with E-state index in [9.17, 15) is 9.59 Å². The van der Waals surface area contributed by atoms with E-state index in [1.807, 2.05) is 34.9 Å². The maximum atomic E-state index is 13.0. The standard InChI is InChI=1S/C27H23N3O2/c31-26(28-19-9-12-22-18(16-19)15-17-5-1-2-6-21(17)22)14-13-25-29-24-8-4-3-7-23(24)27(32)30(25)20-10-11-20/h1-9,12,16,20H,10-11,13-15H2,(H,28,31). The minimum Gasteiger partial charge on any atom is -0.326 e. The number of benzene rings is 3. The third-order valence-electron chi connectivity index (χ3n) is 6.45. The topological polar surface area (TPSA) is 64.0 Å². The van der Waals surface area contributed by atoms with Crippen molar-refractivity contribution in [3.05, 3.63) is 94.0 Å². The number of hydrogen-bond acceptors (Lipinski definition) is 3. The zero-order chi connectivity index (χ0) is 21.7. The van der Waals surface area contributed by atoms with Crippen molar-refractivity contribution in [2.75, 3.05) is 5.32 Å². The predicted molar refractivity (Wildman–Crippen MR) is 126 cm³/mol. The highest BCUT2D eigenvalue weighted by molar-refractivity contribution is 5.92. The maximum Gasteiger partial charge on any atom is 0.261 e. The van der Waals surface area contributed by atoms with Crippen LogP contribution in [0.4, 0.5) is 5.69 Å². The summed E-state index contributed by atoms with van der Waals surface area (Å²) in [6.45, 7) is 0. The van der Waals surface area contributed by atoms with Gasteiger partial charge in [-0.25, -0.2) is 4.98 Å². The van der Waals surface area contributed by atoms with E-state index in [4.69, 9.17) is 4.98 Å². The van der Waals surface area contributed by atoms with Gasteiger partial charge in [0.15, 0.2) is 0 Å². The van der Waals surface area contributed by atoms with Gasteiger partial charge in [-0.2, -0.15) is 0 Å². The number of amides is 1. The van der Waals surface area contributed by atoms with Crippen molar-refractivity contribution >= 4 is 22.5 Å². The number of carbonyl (C=O) groups excluding carboxylic acids is 1. The van der Waals surface area contributed by atoms with Gasteiger partial charge in [0.1, 0.15) is 5.82 Å². The molecule has 0 atom stereocenters. The molecule has 2 aliphatic carbocycles. The van der Waals surface area contributed by atoms with Crippen LogP contribution in [-0.4, -0.2) is 15.5 Å². The van der Waals surface area contributed by atoms with Crippen LogP contribution in [0.15, 0.2) is 71.5 Å². The molecule has 1 heterocycles. The highest BCUT2D eigenvalue weighted by Crippen LogP contribution is 2.38. The molecule has 0 unspecified atom stereocenters. The Labute approximate surface area is 185 Å². The van der Waals surface area contributed by atoms with Gasteiger partial charge in [0, 0.05) is 24.6 Å². The quantitative estimate of drug-likeness (QED) is 0.440. The van der Waals surface area contributed by atoms with Crippen LogP contribution in [0.5, 0.6) is 0 Å². The van der Waals surface area contributed by atoms with Crippen molar-refractivity contribution in [3.8, 4) is 11.1 Å². The number of nitrogens with one attached hydrogen (secondary N) is 1. The van der Waals surface area contributed by atoms with E-state index in [1.165, 1.54) is 22.3 Å². The number of carbonyl (C=O) groups is 1. The van der Waals surface area contributed by atoms with Gasteiger partial charge in [0.2, 0.25) is 5.91 Å². The first-order valence-corrected chi connectivity index (χ1v) is 11.2. The summed E-state index contributed by atoms with van der Waals surface area (Å²) in [4.78, 5) is 30.4. The van der Waals surface area contributed by atoms with Gasteiger partial charge in [0.05, 0.1) is 10.9 Å². The zero-order valence-electron chi connectivity index (χ0n) is 17.7. The van der Waals surface area contributed by atoms with Gasteiger partial charge < -0.3 is 5.32 Å². The normalized spacial score (nSPS) is 14.2. The number of nitrogens with zero attached hydrogens (tertiary/aromatic N) is 2. The summed E-state index contributed by atoms with van der Waals surface area (Å²) >= 11 is 0. The van der Waals surface area contributed by atoms with Crippen LogP contribution in [0.2, 0.25) is 0 Å². The lowest BCUT2D eigenvalue weighted by atomic mass is 10.1. The fraction of sp³-hybridized carbons (Fsp3) is 0.222. The van der Waals surface area contributed by atoms with E-state index in [-0.39, 0.29) is 23.9 Å². The van der Waals surface area contributed by atoms with Gasteiger partial charge in [-0.15, -0.1) is 0 Å². The van der Waals surface area contributed by atoms with E-state index in [0.29, 0.717) is 23.1 Å². The molecule has 1 fully saturated rings. The molecule has 3 aromatic carbocycles. The van der Waals surface area contributed by atoms with E-state index in [0.717, 1.165) is 24.9 Å². The molecule has 1 aromatic heterocycles. The number of para-hydroxylation sites is 1. The minimum atomic E-state index is -0.0646. The monoisotopic (exact) mass is 421 g/mol. The number of anilines is 1. The summed E-state index contributed by atoms with van der Waals surface area (Å²) in [6.07, 6.45) is 3.62. The molecule has 158 valence electrons. The molecule has 0 aliphatic heterocycles. The summed E-state index contributed by atoms with van der Waals surface area (Å²) in [5.74, 6) is 0.640. The second kappa shape index (κ2) is 7.45. The Hall–Kier alpha value is -3.73. The van der Waals surface area contributed by atoms with Gasteiger partial charge >= 0.3 is 0 Å². The van der Waals surface area contributed by atoms with E-state index < -0.39 is 0 Å². The fourth-order valence-corrected chi connectivity index (χ4v) is 4.75. The first kappa shape index (κ1) is 19.0. The third kappa shape index (κ3) is 3.30. The molecule has 1 N–H and O–H groups in total. The summed E-state index contributed by atoms with van der Waals surface area (Å²) in [7, 11) is 0. The Morgan fingerprint density at radius 1 is 0.969 bits per heavy atom. The summed E-state index contributed by atoms with van der Waals surface area (Å²) < 4.78 is 1.81. The van der Waals surface area contributed by atoms with Crippen molar-refractivity contribution < 1.29 is 4.79 Å². The third-order valence-corrected chi connectivity index (χ3v) is 6.45. The highest BCUT2D eigenvalue weighted by Gasteiger charge is 2.28. The molecule has 4 aromatic rings. The molecular weight excluding hydrogens is 398 g/mol. The molecule has 1 amide bonds. The predicted octanol–water partition coefficient (Wildman–Crippen LogP) is 4.87. The Morgan fingerprint density at radius 3 is 2.62 bits per heavy atom. The fourth-order valence-electron chi connectivity index (χ4n) is 4.75. The number of aromatic nitrogens is 2. The molecule has 1 saturated carbocycles. The molecule has 5 heteroatoms. The minimum absolute atomic E-state index is 0.00620.